The maximum Gasteiger partial charge on any atom is 0.328 e. The Kier molecular flexibility index (Phi) is 29.0. The first kappa shape index (κ1) is 68.5. The molecule has 3 rings (SSSR count). The fraction of sp³-hybridized carbons (Fsp3) is 0.672. The third kappa shape index (κ3) is 20.3. The highest BCUT2D eigenvalue weighted by atomic mass is 16.5. The topological polar surface area (TPSA) is 262 Å². The van der Waals surface area contributed by atoms with Crippen LogP contribution in [0.1, 0.15) is 124 Å². The van der Waals surface area contributed by atoms with Gasteiger partial charge in [-0.3, -0.25) is 33.7 Å². The van der Waals surface area contributed by atoms with E-state index in [2.05, 4.69) is 16.0 Å². The molecule has 7 N–H and O–H groups in total. The molecule has 448 valence electrons. The zero-order valence-corrected chi connectivity index (χ0v) is 50.5. The van der Waals surface area contributed by atoms with E-state index in [0.29, 0.717) is 51.6 Å². The van der Waals surface area contributed by atoms with Gasteiger partial charge in [0.2, 0.25) is 23.6 Å². The summed E-state index contributed by atoms with van der Waals surface area (Å²) >= 11 is 0. The highest BCUT2D eigenvalue weighted by Gasteiger charge is 2.44. The summed E-state index contributed by atoms with van der Waals surface area (Å²) in [6.07, 6.45) is 2.28. The number of methoxy groups -OCH3 is 3. The van der Waals surface area contributed by atoms with Gasteiger partial charge in [-0.05, 0) is 79.5 Å². The van der Waals surface area contributed by atoms with E-state index in [1.807, 2.05) is 122 Å². The highest BCUT2D eigenvalue weighted by molar-refractivity contribution is 5.92. The van der Waals surface area contributed by atoms with Crippen LogP contribution in [0, 0.1) is 35.5 Å². The number of Topliss-reactive ketones (excluding diaryl/α,β-unsaturated/α-hetero) is 2. The van der Waals surface area contributed by atoms with Crippen LogP contribution in [0.4, 0.5) is 4.79 Å². The number of likely N-dealkylation sites (tertiary alicyclic amines) is 1. The molecule has 19 nitrogen and oxygen atoms in total. The molecule has 0 aliphatic carbocycles. The minimum Gasteiger partial charge on any atom is -0.467 e. The molecule has 0 aromatic heterocycles. The molecule has 1 saturated heterocycles. The van der Waals surface area contributed by atoms with Crippen molar-refractivity contribution >= 4 is 47.2 Å². The van der Waals surface area contributed by atoms with Gasteiger partial charge in [0.05, 0.1) is 61.9 Å². The van der Waals surface area contributed by atoms with Crippen LogP contribution in [-0.2, 0) is 67.0 Å². The average Bonchev–Trinajstić information content (AvgIpc) is 3.97. The number of carbonyl (C=O) groups is 8. The zero-order valence-electron chi connectivity index (χ0n) is 50.5. The second kappa shape index (κ2) is 33.9. The number of nitrogens with one attached hydrogen (secondary N) is 3. The number of nitrogens with two attached hydrogens (primary N) is 2. The number of ketones is 2. The monoisotopic (exact) mass is 1120 g/mol. The Balaban J connectivity index is 1.72. The first-order valence-corrected chi connectivity index (χ1v) is 28.8. The van der Waals surface area contributed by atoms with E-state index in [-0.39, 0.29) is 79.3 Å². The van der Waals surface area contributed by atoms with Gasteiger partial charge in [-0.1, -0.05) is 123 Å². The van der Waals surface area contributed by atoms with Crippen LogP contribution >= 0.6 is 0 Å². The number of esters is 1. The number of nitrogens with zero attached hydrogens (tertiary/aromatic N) is 3. The standard InChI is InChI=1S/C61H98N8O11/c1-15-40(8)55(51(78-12)36-52(72)69-31-20-24-48(69)56(79-13)41(9)57(73)66-47(60(76)80-14)33-43-21-17-16-18-22-43)68(11)59(75)45(37(2)3)35-50(71)54(39(6)7)67(10)32-29-42-25-27-44(28-26-42)34-49(70)46(23-19-30-64-61(63)77)65-58(74)53(62)38(4)5/h16-18,21-22,25-28,37-41,45-48,51,53-56H,15,19-20,23-24,29-36,62H2,1-14H3,(H,65,74)(H,66,73)(H3,63,64,77)/t40-,41+,45-,46-,47-,48-,51+,53-,54-,55-,56+/m0/s1. The Morgan fingerprint density at radius 3 is 1.93 bits per heavy atom. The molecular weight excluding hydrogens is 1020 g/mol. The molecular formula is C61H98N8O11. The van der Waals surface area contributed by atoms with Crippen molar-refractivity contribution in [2.24, 2.45) is 47.0 Å². The molecule has 0 spiro atoms. The van der Waals surface area contributed by atoms with Crippen LogP contribution in [0.15, 0.2) is 54.6 Å². The van der Waals surface area contributed by atoms with E-state index in [0.717, 1.165) is 16.7 Å². The number of hydrogen-bond donors (Lipinski definition) is 5. The Hall–Kier alpha value is -5.76. The first-order valence-electron chi connectivity index (χ1n) is 28.8. The number of likely N-dealkylation sites (N-methyl/N-ethyl adjacent to an activating group) is 2. The summed E-state index contributed by atoms with van der Waals surface area (Å²) in [7, 11) is 8.02. The Bertz CT molecular complexity index is 2300. The lowest BCUT2D eigenvalue weighted by Crippen LogP contribution is -2.55. The number of carbonyl (C=O) groups excluding carboxylic acids is 8. The maximum absolute atomic E-state index is 14.9. The summed E-state index contributed by atoms with van der Waals surface area (Å²) in [6, 6.07) is 12.5. The summed E-state index contributed by atoms with van der Waals surface area (Å²) in [5, 5.41) is 8.20. The van der Waals surface area contributed by atoms with Crippen LogP contribution in [0.3, 0.4) is 0 Å². The summed E-state index contributed by atoms with van der Waals surface area (Å²) in [6.45, 7) is 18.6. The molecule has 1 heterocycles. The van der Waals surface area contributed by atoms with Gasteiger partial charge in [0, 0.05) is 66.1 Å². The van der Waals surface area contributed by atoms with Crippen molar-refractivity contribution in [1.82, 2.24) is 30.7 Å². The van der Waals surface area contributed by atoms with Crippen molar-refractivity contribution in [3.8, 4) is 0 Å². The van der Waals surface area contributed by atoms with Crippen LogP contribution in [0.25, 0.3) is 0 Å². The molecule has 1 aliphatic heterocycles. The fourth-order valence-corrected chi connectivity index (χ4v) is 11.1. The van der Waals surface area contributed by atoms with Gasteiger partial charge < -0.3 is 51.4 Å². The van der Waals surface area contributed by atoms with Gasteiger partial charge in [-0.2, -0.15) is 0 Å². The van der Waals surface area contributed by atoms with E-state index >= 15 is 0 Å². The van der Waals surface area contributed by atoms with Crippen LogP contribution in [-0.4, -0.2) is 165 Å². The Morgan fingerprint density at radius 2 is 1.38 bits per heavy atom. The lowest BCUT2D eigenvalue weighted by Gasteiger charge is -2.41. The van der Waals surface area contributed by atoms with Gasteiger partial charge in [0.25, 0.3) is 0 Å². The molecule has 11 atom stereocenters. The minimum absolute atomic E-state index is 0.0271. The van der Waals surface area contributed by atoms with Crippen LogP contribution in [0.2, 0.25) is 0 Å². The predicted octanol–water partition coefficient (Wildman–Crippen LogP) is 5.27. The molecule has 0 radical (unpaired) electrons. The van der Waals surface area contributed by atoms with Crippen molar-refractivity contribution in [2.45, 2.75) is 175 Å². The summed E-state index contributed by atoms with van der Waals surface area (Å²) < 4.78 is 17.2. The van der Waals surface area contributed by atoms with Gasteiger partial charge in [-0.15, -0.1) is 0 Å². The normalized spacial score (nSPS) is 17.4. The van der Waals surface area contributed by atoms with Crippen molar-refractivity contribution in [2.75, 3.05) is 55.1 Å². The smallest absolute Gasteiger partial charge is 0.328 e. The number of hydrogen-bond acceptors (Lipinski definition) is 13. The van der Waals surface area contributed by atoms with Gasteiger partial charge in [0.1, 0.15) is 6.04 Å². The average molecular weight is 1120 g/mol. The van der Waals surface area contributed by atoms with Crippen molar-refractivity contribution in [1.29, 1.82) is 0 Å². The maximum atomic E-state index is 14.9. The van der Waals surface area contributed by atoms with Crippen molar-refractivity contribution in [3.63, 3.8) is 0 Å². The van der Waals surface area contributed by atoms with E-state index in [1.165, 1.54) is 14.2 Å². The SMILES string of the molecule is CC[C@H](C)[C@@H]([C@@H](CC(=O)N1CCC[C@H]1[C@H](OC)[C@@H](C)C(=O)N[C@@H](Cc1ccccc1)C(=O)OC)OC)N(C)C(=O)[C@@H](CC(=O)[C@H](C(C)C)N(C)CCc1ccc(CC(=O)[C@H](CCCNC(N)=O)NC(=O)[C@@H](N)C(C)C)cc1)C(C)C. The summed E-state index contributed by atoms with van der Waals surface area (Å²) in [5.74, 6) is -3.81. The van der Waals surface area contributed by atoms with E-state index in [4.69, 9.17) is 25.7 Å². The highest BCUT2D eigenvalue weighted by Crippen LogP contribution is 2.31. The largest absolute Gasteiger partial charge is 0.467 e. The number of urea groups is 1. The predicted molar refractivity (Wildman–Crippen MR) is 310 cm³/mol. The van der Waals surface area contributed by atoms with E-state index in [1.54, 1.807) is 30.9 Å². The third-order valence-corrected chi connectivity index (χ3v) is 16.2. The third-order valence-electron chi connectivity index (χ3n) is 16.2. The second-order valence-corrected chi connectivity index (χ2v) is 23.0. The number of ether oxygens (including phenoxy) is 3. The molecule has 1 fully saturated rings. The minimum atomic E-state index is -0.922. The van der Waals surface area contributed by atoms with Crippen molar-refractivity contribution in [3.05, 3.63) is 71.3 Å². The number of benzene rings is 2. The summed E-state index contributed by atoms with van der Waals surface area (Å²) in [5.41, 5.74) is 13.9. The number of amides is 6. The van der Waals surface area contributed by atoms with Gasteiger partial charge in [0.15, 0.2) is 11.6 Å². The van der Waals surface area contributed by atoms with Crippen LogP contribution in [0.5, 0.6) is 0 Å². The molecule has 2 aromatic carbocycles. The van der Waals surface area contributed by atoms with Crippen LogP contribution < -0.4 is 27.4 Å². The quantitative estimate of drug-likeness (QED) is 0.0436. The molecule has 1 aliphatic rings. The molecule has 19 heteroatoms. The molecule has 0 bridgehead atoms. The van der Waals surface area contributed by atoms with Gasteiger partial charge >= 0.3 is 12.0 Å². The second-order valence-electron chi connectivity index (χ2n) is 23.0. The van der Waals surface area contributed by atoms with E-state index in [9.17, 15) is 38.4 Å². The molecule has 2 aromatic rings. The van der Waals surface area contributed by atoms with Gasteiger partial charge in [-0.25, -0.2) is 9.59 Å². The fourth-order valence-electron chi connectivity index (χ4n) is 11.1. The molecule has 0 unspecified atom stereocenters. The molecule has 0 saturated carbocycles. The lowest BCUT2D eigenvalue weighted by atomic mass is 9.83. The Labute approximate surface area is 477 Å². The molecule has 80 heavy (non-hydrogen) atoms. The summed E-state index contributed by atoms with van der Waals surface area (Å²) in [4.78, 5) is 114. The Morgan fingerprint density at radius 1 is 0.750 bits per heavy atom. The van der Waals surface area contributed by atoms with E-state index < -0.39 is 84.1 Å². The zero-order chi connectivity index (χ0) is 60.0. The lowest BCUT2D eigenvalue weighted by molar-refractivity contribution is -0.150. The number of rotatable bonds is 35. The van der Waals surface area contributed by atoms with Crippen molar-refractivity contribution < 1.29 is 52.6 Å². The first-order chi connectivity index (χ1) is 37.8. The number of primary amides is 1. The molecule has 6 amide bonds.